The van der Waals surface area contributed by atoms with Gasteiger partial charge in [0.25, 0.3) is 5.91 Å². The normalized spacial score (nSPS) is 19.1. The Bertz CT molecular complexity index is 1290. The standard InChI is InChI=1S/C26H23F2N3O2/c1-16-14-30(15-29-16)24-7-3-17(10-25(24)33-2)9-18-4-5-22-6-8-23(31(22)26(18)32)19-11-20(27)13-21(28)12-19/h3,5,7,9-15,23H,4,6,8H2,1-2H3/t23-/m0/s1. The summed E-state index contributed by atoms with van der Waals surface area (Å²) in [7, 11) is 1.60. The van der Waals surface area contributed by atoms with Crippen LogP contribution in [-0.4, -0.2) is 27.5 Å². The molecule has 7 heteroatoms. The number of carbonyl (C=O) groups excluding carboxylic acids is 1. The minimum absolute atomic E-state index is 0.132. The van der Waals surface area contributed by atoms with Crippen molar-refractivity contribution in [2.45, 2.75) is 32.2 Å². The van der Waals surface area contributed by atoms with Gasteiger partial charge in [0.15, 0.2) is 0 Å². The van der Waals surface area contributed by atoms with E-state index >= 15 is 0 Å². The first-order valence-electron chi connectivity index (χ1n) is 10.8. The summed E-state index contributed by atoms with van der Waals surface area (Å²) in [5.74, 6) is -0.741. The molecule has 2 aromatic carbocycles. The maximum Gasteiger partial charge on any atom is 0.254 e. The van der Waals surface area contributed by atoms with Crippen molar-refractivity contribution < 1.29 is 18.3 Å². The van der Waals surface area contributed by atoms with E-state index in [1.165, 1.54) is 12.1 Å². The maximum absolute atomic E-state index is 13.8. The molecule has 0 saturated carbocycles. The summed E-state index contributed by atoms with van der Waals surface area (Å²) in [6.07, 6.45) is 9.38. The summed E-state index contributed by atoms with van der Waals surface area (Å²) in [5, 5.41) is 0. The van der Waals surface area contributed by atoms with E-state index < -0.39 is 11.6 Å². The summed E-state index contributed by atoms with van der Waals surface area (Å²) in [6, 6.07) is 8.82. The highest BCUT2D eigenvalue weighted by Crippen LogP contribution is 2.43. The summed E-state index contributed by atoms with van der Waals surface area (Å²) in [4.78, 5) is 19.3. The average Bonchev–Trinajstić information content (AvgIpc) is 3.41. The van der Waals surface area contributed by atoms with Crippen LogP contribution in [0, 0.1) is 18.6 Å². The van der Waals surface area contributed by atoms with Gasteiger partial charge in [0, 0.05) is 23.5 Å². The molecular weight excluding hydrogens is 424 g/mol. The lowest BCUT2D eigenvalue weighted by Gasteiger charge is -2.30. The number of hydrogen-bond donors (Lipinski definition) is 0. The summed E-state index contributed by atoms with van der Waals surface area (Å²) in [5.41, 5.74) is 4.60. The van der Waals surface area contributed by atoms with Crippen LogP contribution in [0.15, 0.2) is 66.3 Å². The van der Waals surface area contributed by atoms with Crippen LogP contribution in [0.25, 0.3) is 11.8 Å². The summed E-state index contributed by atoms with van der Waals surface area (Å²) in [6.45, 7) is 1.92. The van der Waals surface area contributed by atoms with E-state index in [0.29, 0.717) is 36.1 Å². The molecule has 0 radical (unpaired) electrons. The molecule has 0 N–H and O–H groups in total. The number of rotatable bonds is 4. The molecule has 33 heavy (non-hydrogen) atoms. The van der Waals surface area contributed by atoms with Crippen LogP contribution in [-0.2, 0) is 4.79 Å². The Labute approximate surface area is 190 Å². The van der Waals surface area contributed by atoms with Crippen molar-refractivity contribution in [1.29, 1.82) is 0 Å². The number of nitrogens with zero attached hydrogens (tertiary/aromatic N) is 3. The number of allylic oxidation sites excluding steroid dienone is 2. The summed E-state index contributed by atoms with van der Waals surface area (Å²) >= 11 is 0. The number of halogens is 2. The van der Waals surface area contributed by atoms with Gasteiger partial charge in [-0.2, -0.15) is 0 Å². The van der Waals surface area contributed by atoms with E-state index in [-0.39, 0.29) is 11.9 Å². The van der Waals surface area contributed by atoms with Crippen molar-refractivity contribution in [2.75, 3.05) is 7.11 Å². The molecule has 3 aromatic rings. The number of methoxy groups -OCH3 is 1. The molecule has 0 bridgehead atoms. The van der Waals surface area contributed by atoms with Gasteiger partial charge in [-0.3, -0.25) is 4.79 Å². The molecule has 168 valence electrons. The Kier molecular flexibility index (Phi) is 5.32. The molecule has 5 nitrogen and oxygen atoms in total. The first-order chi connectivity index (χ1) is 15.9. The van der Waals surface area contributed by atoms with Gasteiger partial charge in [-0.25, -0.2) is 13.8 Å². The van der Waals surface area contributed by atoms with Crippen LogP contribution in [0.4, 0.5) is 8.78 Å². The number of hydrogen-bond acceptors (Lipinski definition) is 3. The highest BCUT2D eigenvalue weighted by Gasteiger charge is 2.37. The number of aromatic nitrogens is 2. The van der Waals surface area contributed by atoms with Crippen molar-refractivity contribution in [3.63, 3.8) is 0 Å². The fourth-order valence-corrected chi connectivity index (χ4v) is 4.63. The molecule has 0 spiro atoms. The Balaban J connectivity index is 1.46. The van der Waals surface area contributed by atoms with Gasteiger partial charge in [-0.1, -0.05) is 12.1 Å². The lowest BCUT2D eigenvalue weighted by Crippen LogP contribution is -2.33. The number of imidazole rings is 1. The van der Waals surface area contributed by atoms with Crippen LogP contribution < -0.4 is 4.74 Å². The summed E-state index contributed by atoms with van der Waals surface area (Å²) < 4.78 is 35.1. The van der Waals surface area contributed by atoms with E-state index in [0.717, 1.165) is 28.7 Å². The monoisotopic (exact) mass is 447 g/mol. The number of aryl methyl sites for hydroxylation is 1. The van der Waals surface area contributed by atoms with Crippen LogP contribution in [0.2, 0.25) is 0 Å². The second kappa shape index (κ2) is 8.31. The van der Waals surface area contributed by atoms with Gasteiger partial charge in [-0.05, 0) is 67.7 Å². The molecule has 0 aliphatic carbocycles. The largest absolute Gasteiger partial charge is 0.495 e. The SMILES string of the molecule is COc1cc(C=C2CC=C3CC[C@@H](c4cc(F)cc(F)c4)N3C2=O)ccc1-n1cnc(C)c1. The highest BCUT2D eigenvalue weighted by atomic mass is 19.1. The van der Waals surface area contributed by atoms with Gasteiger partial charge in [0.1, 0.15) is 17.4 Å². The number of carbonyl (C=O) groups is 1. The number of ether oxygens (including phenoxy) is 1. The van der Waals surface area contributed by atoms with E-state index in [1.807, 2.05) is 48.0 Å². The van der Waals surface area contributed by atoms with Gasteiger partial charge >= 0.3 is 0 Å². The number of fused-ring (bicyclic) bond motifs is 1. The van der Waals surface area contributed by atoms with Gasteiger partial charge in [0.05, 0.1) is 30.9 Å². The van der Waals surface area contributed by atoms with Crippen LogP contribution in [0.3, 0.4) is 0 Å². The predicted octanol–water partition coefficient (Wildman–Crippen LogP) is 5.50. The third kappa shape index (κ3) is 3.95. The minimum atomic E-state index is -0.636. The molecule has 0 unspecified atom stereocenters. The quantitative estimate of drug-likeness (QED) is 0.496. The van der Waals surface area contributed by atoms with Gasteiger partial charge in [0.2, 0.25) is 0 Å². The van der Waals surface area contributed by atoms with Crippen LogP contribution >= 0.6 is 0 Å². The smallest absolute Gasteiger partial charge is 0.254 e. The second-order valence-electron chi connectivity index (χ2n) is 8.36. The zero-order chi connectivity index (χ0) is 23.1. The van der Waals surface area contributed by atoms with Gasteiger partial charge in [-0.15, -0.1) is 0 Å². The molecule has 1 amide bonds. The van der Waals surface area contributed by atoms with E-state index in [1.54, 1.807) is 18.3 Å². The van der Waals surface area contributed by atoms with Crippen molar-refractivity contribution in [1.82, 2.24) is 14.5 Å². The van der Waals surface area contributed by atoms with E-state index in [2.05, 4.69) is 4.98 Å². The molecule has 1 saturated heterocycles. The Morgan fingerprint density at radius 2 is 1.94 bits per heavy atom. The highest BCUT2D eigenvalue weighted by molar-refractivity contribution is 6.00. The number of amides is 1. The fraction of sp³-hybridized carbons (Fsp3) is 0.231. The van der Waals surface area contributed by atoms with Crippen molar-refractivity contribution >= 4 is 12.0 Å². The molecule has 5 rings (SSSR count). The second-order valence-corrected chi connectivity index (χ2v) is 8.36. The lowest BCUT2D eigenvalue weighted by atomic mass is 10.00. The third-order valence-corrected chi connectivity index (χ3v) is 6.15. The lowest BCUT2D eigenvalue weighted by molar-refractivity contribution is -0.126. The fourth-order valence-electron chi connectivity index (χ4n) is 4.63. The van der Waals surface area contributed by atoms with Crippen molar-refractivity contribution in [3.8, 4) is 11.4 Å². The molecule has 1 fully saturated rings. The predicted molar refractivity (Wildman–Crippen MR) is 121 cm³/mol. The maximum atomic E-state index is 13.8. The zero-order valence-corrected chi connectivity index (χ0v) is 18.4. The molecular formula is C26H23F2N3O2. The van der Waals surface area contributed by atoms with Crippen molar-refractivity contribution in [2.24, 2.45) is 0 Å². The van der Waals surface area contributed by atoms with E-state index in [4.69, 9.17) is 4.74 Å². The molecule has 1 aromatic heterocycles. The van der Waals surface area contributed by atoms with Crippen LogP contribution in [0.5, 0.6) is 5.75 Å². The van der Waals surface area contributed by atoms with Gasteiger partial charge < -0.3 is 14.2 Å². The Morgan fingerprint density at radius 3 is 2.64 bits per heavy atom. The molecule has 2 aliphatic heterocycles. The number of benzene rings is 2. The molecule has 3 heterocycles. The topological polar surface area (TPSA) is 47.4 Å². The minimum Gasteiger partial charge on any atom is -0.495 e. The van der Waals surface area contributed by atoms with Crippen molar-refractivity contribution in [3.05, 3.63) is 94.7 Å². The molecule has 1 atom stereocenters. The molecule has 2 aliphatic rings. The Hall–Kier alpha value is -3.74. The third-order valence-electron chi connectivity index (χ3n) is 6.15. The first-order valence-corrected chi connectivity index (χ1v) is 10.8. The average molecular weight is 447 g/mol. The van der Waals surface area contributed by atoms with Crippen LogP contribution in [0.1, 0.15) is 42.1 Å². The zero-order valence-electron chi connectivity index (χ0n) is 18.4. The van der Waals surface area contributed by atoms with E-state index in [9.17, 15) is 13.6 Å². The Morgan fingerprint density at radius 1 is 1.15 bits per heavy atom. The first kappa shape index (κ1) is 21.1.